The van der Waals surface area contributed by atoms with Gasteiger partial charge in [-0.15, -0.1) is 11.3 Å². The first-order chi connectivity index (χ1) is 8.08. The van der Waals surface area contributed by atoms with Crippen LogP contribution in [0.5, 0.6) is 0 Å². The number of nitrogens with one attached hydrogen (secondary N) is 1. The number of carbonyl (C=O) groups is 1. The number of aryl methyl sites for hydroxylation is 1. The largest absolute Gasteiger partial charge is 0.340 e. The number of amides is 1. The van der Waals surface area contributed by atoms with E-state index in [2.05, 4.69) is 24.4 Å². The van der Waals surface area contributed by atoms with Crippen LogP contribution >= 0.6 is 11.3 Å². The van der Waals surface area contributed by atoms with Gasteiger partial charge in [0.25, 0.3) is 0 Å². The smallest absolute Gasteiger partial charge is 0.225 e. The summed E-state index contributed by atoms with van der Waals surface area (Å²) in [5.41, 5.74) is 0. The molecule has 1 aliphatic heterocycles. The van der Waals surface area contributed by atoms with E-state index in [0.717, 1.165) is 19.6 Å². The van der Waals surface area contributed by atoms with E-state index in [4.69, 9.17) is 0 Å². The van der Waals surface area contributed by atoms with E-state index in [1.807, 2.05) is 18.9 Å². The van der Waals surface area contributed by atoms with Gasteiger partial charge < -0.3 is 10.2 Å². The van der Waals surface area contributed by atoms with Crippen LogP contribution in [0.1, 0.15) is 16.7 Å². The third-order valence-electron chi connectivity index (χ3n) is 3.47. The molecule has 0 saturated carbocycles. The van der Waals surface area contributed by atoms with Crippen LogP contribution in [0, 0.1) is 18.8 Å². The molecule has 0 aromatic carbocycles. The average molecular weight is 252 g/mol. The van der Waals surface area contributed by atoms with Crippen LogP contribution in [0.4, 0.5) is 0 Å². The summed E-state index contributed by atoms with van der Waals surface area (Å²) in [5, 5.41) is 3.22. The van der Waals surface area contributed by atoms with Gasteiger partial charge in [0, 0.05) is 22.7 Å². The number of hydrogen-bond donors (Lipinski definition) is 1. The van der Waals surface area contributed by atoms with E-state index in [0.29, 0.717) is 5.92 Å². The first-order valence-corrected chi connectivity index (χ1v) is 6.90. The number of hydrogen-bond acceptors (Lipinski definition) is 3. The SMILES string of the molecule is Cc1ccc(CN(C)C(=O)C(C)C2CNC2)s1. The maximum atomic E-state index is 12.2. The summed E-state index contributed by atoms with van der Waals surface area (Å²) in [6.45, 7) is 6.85. The predicted molar refractivity (Wildman–Crippen MR) is 71.1 cm³/mol. The number of rotatable bonds is 4. The molecule has 1 aromatic heterocycles. The van der Waals surface area contributed by atoms with E-state index in [9.17, 15) is 4.79 Å². The fourth-order valence-corrected chi connectivity index (χ4v) is 3.04. The Kier molecular flexibility index (Phi) is 3.84. The quantitative estimate of drug-likeness (QED) is 0.887. The zero-order valence-electron chi connectivity index (χ0n) is 10.7. The van der Waals surface area contributed by atoms with Crippen LogP contribution in [0.2, 0.25) is 0 Å². The highest BCUT2D eigenvalue weighted by Crippen LogP contribution is 2.21. The molecule has 1 aliphatic rings. The standard InChI is InChI=1S/C13H20N2OS/c1-9-4-5-12(17-9)8-15(3)13(16)10(2)11-6-14-7-11/h4-5,10-11,14H,6-8H2,1-3H3. The molecule has 1 fully saturated rings. The van der Waals surface area contributed by atoms with Crippen molar-refractivity contribution in [1.82, 2.24) is 10.2 Å². The minimum absolute atomic E-state index is 0.141. The third kappa shape index (κ3) is 2.87. The van der Waals surface area contributed by atoms with Crippen LogP contribution in [0.25, 0.3) is 0 Å². The number of nitrogens with zero attached hydrogens (tertiary/aromatic N) is 1. The van der Waals surface area contributed by atoms with E-state index in [1.54, 1.807) is 11.3 Å². The molecule has 1 atom stereocenters. The molecule has 1 unspecified atom stereocenters. The van der Waals surface area contributed by atoms with Crippen molar-refractivity contribution in [3.63, 3.8) is 0 Å². The van der Waals surface area contributed by atoms with Crippen LogP contribution in [-0.4, -0.2) is 30.9 Å². The molecular weight excluding hydrogens is 232 g/mol. The molecule has 2 rings (SSSR count). The lowest BCUT2D eigenvalue weighted by Crippen LogP contribution is -2.49. The maximum absolute atomic E-state index is 12.2. The van der Waals surface area contributed by atoms with Crippen molar-refractivity contribution >= 4 is 17.2 Å². The first-order valence-electron chi connectivity index (χ1n) is 6.09. The van der Waals surface area contributed by atoms with Crippen molar-refractivity contribution < 1.29 is 4.79 Å². The zero-order chi connectivity index (χ0) is 12.4. The molecule has 2 heterocycles. The molecule has 94 valence electrons. The molecule has 3 nitrogen and oxygen atoms in total. The summed E-state index contributed by atoms with van der Waals surface area (Å²) in [6, 6.07) is 4.22. The van der Waals surface area contributed by atoms with E-state index >= 15 is 0 Å². The Labute approximate surface area is 107 Å². The van der Waals surface area contributed by atoms with Gasteiger partial charge in [-0.25, -0.2) is 0 Å². The molecule has 1 saturated heterocycles. The van der Waals surface area contributed by atoms with Crippen molar-refractivity contribution in [2.75, 3.05) is 20.1 Å². The molecule has 4 heteroatoms. The Morgan fingerprint density at radius 2 is 2.29 bits per heavy atom. The van der Waals surface area contributed by atoms with Gasteiger partial charge in [-0.3, -0.25) is 4.79 Å². The van der Waals surface area contributed by atoms with Crippen molar-refractivity contribution in [2.45, 2.75) is 20.4 Å². The average Bonchev–Trinajstić information content (AvgIpc) is 2.60. The molecule has 0 aliphatic carbocycles. The lowest BCUT2D eigenvalue weighted by molar-refractivity contribution is -0.136. The van der Waals surface area contributed by atoms with Gasteiger partial charge in [-0.2, -0.15) is 0 Å². The number of carbonyl (C=O) groups excluding carboxylic acids is 1. The molecule has 1 N–H and O–H groups in total. The van der Waals surface area contributed by atoms with Gasteiger partial charge in [0.2, 0.25) is 5.91 Å². The lowest BCUT2D eigenvalue weighted by atomic mass is 9.88. The van der Waals surface area contributed by atoms with Gasteiger partial charge in [-0.1, -0.05) is 6.92 Å². The first kappa shape index (κ1) is 12.6. The Balaban J connectivity index is 1.90. The van der Waals surface area contributed by atoms with Gasteiger partial charge in [-0.05, 0) is 38.1 Å². The van der Waals surface area contributed by atoms with Crippen molar-refractivity contribution in [3.8, 4) is 0 Å². The lowest BCUT2D eigenvalue weighted by Gasteiger charge is -2.33. The van der Waals surface area contributed by atoms with Gasteiger partial charge in [0.15, 0.2) is 0 Å². The Bertz CT molecular complexity index is 398. The van der Waals surface area contributed by atoms with Crippen LogP contribution in [0.15, 0.2) is 12.1 Å². The second-order valence-electron chi connectivity index (χ2n) is 4.91. The normalized spacial score (nSPS) is 17.6. The summed E-state index contributed by atoms with van der Waals surface area (Å²) in [7, 11) is 1.90. The fraction of sp³-hybridized carbons (Fsp3) is 0.615. The van der Waals surface area contributed by atoms with Crippen LogP contribution < -0.4 is 5.32 Å². The Morgan fingerprint density at radius 1 is 1.59 bits per heavy atom. The third-order valence-corrected chi connectivity index (χ3v) is 4.46. The summed E-state index contributed by atoms with van der Waals surface area (Å²) in [5.74, 6) is 0.930. The van der Waals surface area contributed by atoms with Crippen LogP contribution in [0.3, 0.4) is 0 Å². The topological polar surface area (TPSA) is 32.3 Å². The van der Waals surface area contributed by atoms with Gasteiger partial charge in [0.05, 0.1) is 6.54 Å². The summed E-state index contributed by atoms with van der Waals surface area (Å²) < 4.78 is 0. The number of thiophene rings is 1. The highest BCUT2D eigenvalue weighted by Gasteiger charge is 2.30. The van der Waals surface area contributed by atoms with Crippen molar-refractivity contribution in [2.24, 2.45) is 11.8 Å². The second-order valence-corrected chi connectivity index (χ2v) is 6.29. The van der Waals surface area contributed by atoms with Crippen LogP contribution in [-0.2, 0) is 11.3 Å². The highest BCUT2D eigenvalue weighted by molar-refractivity contribution is 7.11. The summed E-state index contributed by atoms with van der Waals surface area (Å²) in [4.78, 5) is 16.6. The predicted octanol–water partition coefficient (Wildman–Crippen LogP) is 1.87. The minimum Gasteiger partial charge on any atom is -0.340 e. The molecule has 1 amide bonds. The van der Waals surface area contributed by atoms with Gasteiger partial charge >= 0.3 is 0 Å². The molecule has 0 radical (unpaired) electrons. The van der Waals surface area contributed by atoms with E-state index < -0.39 is 0 Å². The summed E-state index contributed by atoms with van der Waals surface area (Å²) >= 11 is 1.77. The Hall–Kier alpha value is -0.870. The van der Waals surface area contributed by atoms with Crippen molar-refractivity contribution in [3.05, 3.63) is 21.9 Å². The summed E-state index contributed by atoms with van der Waals surface area (Å²) in [6.07, 6.45) is 0. The molecule has 17 heavy (non-hydrogen) atoms. The second kappa shape index (κ2) is 5.19. The fourth-order valence-electron chi connectivity index (χ4n) is 2.10. The maximum Gasteiger partial charge on any atom is 0.225 e. The van der Waals surface area contributed by atoms with Gasteiger partial charge in [0.1, 0.15) is 0 Å². The molecule has 0 bridgehead atoms. The Morgan fingerprint density at radius 3 is 2.76 bits per heavy atom. The highest BCUT2D eigenvalue weighted by atomic mass is 32.1. The zero-order valence-corrected chi connectivity index (χ0v) is 11.5. The molecule has 0 spiro atoms. The van der Waals surface area contributed by atoms with E-state index in [-0.39, 0.29) is 11.8 Å². The minimum atomic E-state index is 0.141. The molecule has 1 aromatic rings. The van der Waals surface area contributed by atoms with E-state index in [1.165, 1.54) is 9.75 Å². The monoisotopic (exact) mass is 252 g/mol. The van der Waals surface area contributed by atoms with Crippen molar-refractivity contribution in [1.29, 1.82) is 0 Å². The molecular formula is C13H20N2OS.